The second kappa shape index (κ2) is 3.41. The molecule has 4 heteroatoms. The Bertz CT molecular complexity index is 410. The number of thiol groups is 1. The van der Waals surface area contributed by atoms with E-state index in [2.05, 4.69) is 18.3 Å². The van der Waals surface area contributed by atoms with E-state index in [4.69, 9.17) is 9.79 Å². The number of para-hydroxylation sites is 1. The molecule has 2 rings (SSSR count). The highest BCUT2D eigenvalue weighted by Crippen LogP contribution is 2.51. The van der Waals surface area contributed by atoms with Gasteiger partial charge in [0.15, 0.2) is 7.35 Å². The molecule has 2 nitrogen and oxygen atoms in total. The maximum Gasteiger partial charge on any atom is 0.170 e. The number of allylic oxidation sites excluding steroid dienone is 1. The molecule has 0 radical (unpaired) electrons. The number of fused-ring (bicyclic) bond motifs is 1. The molecule has 0 aromatic heterocycles. The highest BCUT2D eigenvalue weighted by molar-refractivity contribution is 8.44. The standard InChI is InChI=1S/C9H6NOPS/c10-5-7-6-12(13)11-9-4-2-1-3-8(7)9/h1-4,6,13H. The van der Waals surface area contributed by atoms with Crippen LogP contribution in [0.1, 0.15) is 5.56 Å². The topological polar surface area (TPSA) is 33.0 Å². The van der Waals surface area contributed by atoms with Crippen LogP contribution in [0, 0.1) is 11.3 Å². The average Bonchev–Trinajstić information content (AvgIpc) is 2.16. The first kappa shape index (κ1) is 8.62. The van der Waals surface area contributed by atoms with Crippen molar-refractivity contribution in [3.63, 3.8) is 0 Å². The first-order valence-electron chi connectivity index (χ1n) is 3.68. The first-order chi connectivity index (χ1) is 6.31. The smallest absolute Gasteiger partial charge is 0.170 e. The molecule has 1 atom stereocenters. The molecule has 0 saturated carbocycles. The quantitative estimate of drug-likeness (QED) is 0.523. The van der Waals surface area contributed by atoms with Crippen LogP contribution in [0.15, 0.2) is 30.1 Å². The highest BCUT2D eigenvalue weighted by Gasteiger charge is 2.17. The van der Waals surface area contributed by atoms with Crippen molar-refractivity contribution in [2.75, 3.05) is 0 Å². The summed E-state index contributed by atoms with van der Waals surface area (Å²) in [5, 5.41) is 8.86. The Kier molecular flexibility index (Phi) is 2.26. The van der Waals surface area contributed by atoms with E-state index >= 15 is 0 Å². The lowest BCUT2D eigenvalue weighted by atomic mass is 10.1. The second-order valence-corrected chi connectivity index (χ2v) is 4.77. The van der Waals surface area contributed by atoms with Gasteiger partial charge in [-0.15, -0.1) is 12.2 Å². The van der Waals surface area contributed by atoms with Gasteiger partial charge in [-0.05, 0) is 12.1 Å². The molecule has 13 heavy (non-hydrogen) atoms. The van der Waals surface area contributed by atoms with Gasteiger partial charge in [-0.2, -0.15) is 5.26 Å². The number of hydrogen-bond donors (Lipinski definition) is 1. The summed E-state index contributed by atoms with van der Waals surface area (Å²) in [7, 11) is -0.913. The SMILES string of the molecule is N#CC1=CP(S)Oc2ccccc21. The number of hydrogen-bond acceptors (Lipinski definition) is 3. The van der Waals surface area contributed by atoms with E-state index in [-0.39, 0.29) is 0 Å². The maximum atomic E-state index is 8.86. The van der Waals surface area contributed by atoms with Crippen molar-refractivity contribution in [2.24, 2.45) is 0 Å². The van der Waals surface area contributed by atoms with E-state index in [1.165, 1.54) is 0 Å². The maximum absolute atomic E-state index is 8.86. The molecule has 0 spiro atoms. The zero-order valence-electron chi connectivity index (χ0n) is 6.64. The Hall–Kier alpha value is -0.970. The third kappa shape index (κ3) is 1.56. The third-order valence-corrected chi connectivity index (χ3v) is 3.18. The van der Waals surface area contributed by atoms with Crippen LogP contribution in [0.5, 0.6) is 5.75 Å². The van der Waals surface area contributed by atoms with Crippen molar-refractivity contribution < 1.29 is 4.52 Å². The molecular formula is C9H6NOPS. The van der Waals surface area contributed by atoms with E-state index in [0.29, 0.717) is 5.57 Å². The molecule has 0 saturated heterocycles. The summed E-state index contributed by atoms with van der Waals surface area (Å²) < 4.78 is 5.47. The van der Waals surface area contributed by atoms with Gasteiger partial charge in [-0.25, -0.2) is 0 Å². The largest absolute Gasteiger partial charge is 0.458 e. The van der Waals surface area contributed by atoms with Gasteiger partial charge in [-0.1, -0.05) is 12.1 Å². The Morgan fingerprint density at radius 3 is 2.92 bits per heavy atom. The lowest BCUT2D eigenvalue weighted by Crippen LogP contribution is -1.93. The van der Waals surface area contributed by atoms with Crippen LogP contribution in [-0.2, 0) is 0 Å². The lowest BCUT2D eigenvalue weighted by molar-refractivity contribution is 0.629. The second-order valence-electron chi connectivity index (χ2n) is 2.54. The number of benzene rings is 1. The Labute approximate surface area is 82.8 Å². The van der Waals surface area contributed by atoms with Gasteiger partial charge < -0.3 is 4.52 Å². The molecule has 1 aliphatic heterocycles. The number of nitriles is 1. The Balaban J connectivity index is 2.57. The van der Waals surface area contributed by atoms with E-state index in [1.54, 1.807) is 5.82 Å². The minimum atomic E-state index is -0.913. The van der Waals surface area contributed by atoms with Crippen LogP contribution in [0.25, 0.3) is 5.57 Å². The molecular weight excluding hydrogens is 201 g/mol. The molecule has 1 aromatic carbocycles. The van der Waals surface area contributed by atoms with E-state index in [9.17, 15) is 0 Å². The van der Waals surface area contributed by atoms with Crippen molar-refractivity contribution in [1.29, 1.82) is 5.26 Å². The summed E-state index contributed by atoms with van der Waals surface area (Å²) in [5.74, 6) is 2.52. The van der Waals surface area contributed by atoms with Gasteiger partial charge in [0.2, 0.25) is 0 Å². The zero-order chi connectivity index (χ0) is 9.26. The molecule has 0 N–H and O–H groups in total. The van der Waals surface area contributed by atoms with Crippen LogP contribution in [0.3, 0.4) is 0 Å². The van der Waals surface area contributed by atoms with Crippen molar-refractivity contribution in [1.82, 2.24) is 0 Å². The molecule has 1 unspecified atom stereocenters. The van der Waals surface area contributed by atoms with E-state index < -0.39 is 7.35 Å². The molecule has 64 valence electrons. The summed E-state index contributed by atoms with van der Waals surface area (Å²) in [5.41, 5.74) is 1.51. The Morgan fingerprint density at radius 2 is 2.15 bits per heavy atom. The van der Waals surface area contributed by atoms with Gasteiger partial charge >= 0.3 is 0 Å². The predicted molar refractivity (Wildman–Crippen MR) is 56.6 cm³/mol. The molecule has 0 bridgehead atoms. The van der Waals surface area contributed by atoms with Crippen molar-refractivity contribution in [3.8, 4) is 11.8 Å². The minimum absolute atomic E-state index is 0.656. The Morgan fingerprint density at radius 1 is 1.38 bits per heavy atom. The third-order valence-electron chi connectivity index (χ3n) is 1.73. The van der Waals surface area contributed by atoms with Gasteiger partial charge in [0.05, 0.1) is 5.57 Å². The normalized spacial score (nSPS) is 19.4. The van der Waals surface area contributed by atoms with Crippen LogP contribution >= 0.6 is 19.6 Å². The van der Waals surface area contributed by atoms with E-state index in [0.717, 1.165) is 11.3 Å². The molecule has 1 aromatic rings. The summed E-state index contributed by atoms with van der Waals surface area (Å²) in [6, 6.07) is 9.64. The number of rotatable bonds is 0. The van der Waals surface area contributed by atoms with Crippen LogP contribution in [-0.4, -0.2) is 0 Å². The summed E-state index contributed by atoms with van der Waals surface area (Å²) in [6.07, 6.45) is 0. The minimum Gasteiger partial charge on any atom is -0.458 e. The zero-order valence-corrected chi connectivity index (χ0v) is 8.43. The molecule has 0 aliphatic carbocycles. The fourth-order valence-electron chi connectivity index (χ4n) is 1.16. The number of nitrogens with zero attached hydrogens (tertiary/aromatic N) is 1. The van der Waals surface area contributed by atoms with Crippen LogP contribution < -0.4 is 4.52 Å². The summed E-state index contributed by atoms with van der Waals surface area (Å²) >= 11 is 4.21. The summed E-state index contributed by atoms with van der Waals surface area (Å²) in [6.45, 7) is 0. The lowest BCUT2D eigenvalue weighted by Gasteiger charge is -2.18. The van der Waals surface area contributed by atoms with Gasteiger partial charge in [0, 0.05) is 11.4 Å². The molecule has 1 heterocycles. The van der Waals surface area contributed by atoms with Gasteiger partial charge in [0.25, 0.3) is 0 Å². The van der Waals surface area contributed by atoms with Crippen LogP contribution in [0.2, 0.25) is 0 Å². The van der Waals surface area contributed by atoms with Gasteiger partial charge in [-0.3, -0.25) is 0 Å². The van der Waals surface area contributed by atoms with Crippen molar-refractivity contribution in [3.05, 3.63) is 35.6 Å². The van der Waals surface area contributed by atoms with Gasteiger partial charge in [0.1, 0.15) is 11.8 Å². The fraction of sp³-hybridized carbons (Fsp3) is 0. The highest BCUT2D eigenvalue weighted by atomic mass is 32.7. The summed E-state index contributed by atoms with van der Waals surface area (Å²) in [4.78, 5) is 0. The fourth-order valence-corrected chi connectivity index (χ4v) is 2.61. The molecule has 1 aliphatic rings. The van der Waals surface area contributed by atoms with Crippen molar-refractivity contribution >= 4 is 25.2 Å². The predicted octanol–water partition coefficient (Wildman–Crippen LogP) is 3.19. The van der Waals surface area contributed by atoms with Crippen LogP contribution in [0.4, 0.5) is 0 Å². The monoisotopic (exact) mass is 207 g/mol. The first-order valence-corrected chi connectivity index (χ1v) is 6.17. The molecule has 0 amide bonds. The average molecular weight is 207 g/mol. The van der Waals surface area contributed by atoms with Crippen molar-refractivity contribution in [2.45, 2.75) is 0 Å². The molecule has 0 fully saturated rings. The van der Waals surface area contributed by atoms with E-state index in [1.807, 2.05) is 24.3 Å².